The van der Waals surface area contributed by atoms with E-state index in [9.17, 15) is 0 Å². The fourth-order valence-electron chi connectivity index (χ4n) is 3.09. The summed E-state index contributed by atoms with van der Waals surface area (Å²) < 4.78 is 5.43. The van der Waals surface area contributed by atoms with Gasteiger partial charge in [0.05, 0.1) is 12.8 Å². The molecule has 1 aliphatic carbocycles. The minimum absolute atomic E-state index is 0.547. The van der Waals surface area contributed by atoms with Crippen molar-refractivity contribution in [2.75, 3.05) is 12.4 Å². The Kier molecular flexibility index (Phi) is 3.87. The second-order valence-electron chi connectivity index (χ2n) is 6.13. The predicted molar refractivity (Wildman–Crippen MR) is 88.3 cm³/mol. The molecule has 21 heavy (non-hydrogen) atoms. The third kappa shape index (κ3) is 3.05. The molecule has 0 atom stereocenters. The van der Waals surface area contributed by atoms with Gasteiger partial charge in [-0.15, -0.1) is 0 Å². The van der Waals surface area contributed by atoms with E-state index in [0.717, 1.165) is 11.4 Å². The molecule has 2 aromatic carbocycles. The Morgan fingerprint density at radius 2 is 1.76 bits per heavy atom. The normalized spacial score (nSPS) is 20.7. The molecule has 2 aromatic rings. The molecule has 0 amide bonds. The lowest BCUT2D eigenvalue weighted by Gasteiger charge is -2.37. The van der Waals surface area contributed by atoms with Gasteiger partial charge in [0.1, 0.15) is 5.75 Å². The van der Waals surface area contributed by atoms with Crippen molar-refractivity contribution in [3.63, 3.8) is 0 Å². The predicted octanol–water partition coefficient (Wildman–Crippen LogP) is 4.67. The minimum Gasteiger partial charge on any atom is -0.495 e. The molecule has 2 heteroatoms. The maximum atomic E-state index is 5.43. The number of benzene rings is 2. The summed E-state index contributed by atoms with van der Waals surface area (Å²) in [7, 11) is 1.73. The van der Waals surface area contributed by atoms with Gasteiger partial charge in [-0.3, -0.25) is 0 Å². The number of hydrogen-bond donors (Lipinski definition) is 1. The van der Waals surface area contributed by atoms with Crippen molar-refractivity contribution in [3.8, 4) is 5.75 Å². The van der Waals surface area contributed by atoms with Crippen molar-refractivity contribution in [1.29, 1.82) is 0 Å². The van der Waals surface area contributed by atoms with Crippen LogP contribution in [0.25, 0.3) is 0 Å². The first-order valence-corrected chi connectivity index (χ1v) is 7.63. The maximum absolute atomic E-state index is 5.43. The van der Waals surface area contributed by atoms with E-state index in [2.05, 4.69) is 55.6 Å². The first-order valence-electron chi connectivity index (χ1n) is 7.63. The fraction of sp³-hybridized carbons (Fsp3) is 0.368. The summed E-state index contributed by atoms with van der Waals surface area (Å²) in [6.45, 7) is 4.27. The number of ether oxygens (including phenoxy) is 1. The van der Waals surface area contributed by atoms with E-state index in [1.165, 1.54) is 29.5 Å². The summed E-state index contributed by atoms with van der Waals surface area (Å²) in [5.74, 6) is 1.62. The molecule has 0 bridgehead atoms. The van der Waals surface area contributed by atoms with Gasteiger partial charge in [-0.25, -0.2) is 0 Å². The smallest absolute Gasteiger partial charge is 0.141 e. The van der Waals surface area contributed by atoms with E-state index in [0.29, 0.717) is 12.0 Å². The van der Waals surface area contributed by atoms with Crippen molar-refractivity contribution in [3.05, 3.63) is 59.2 Å². The third-order valence-corrected chi connectivity index (χ3v) is 4.37. The van der Waals surface area contributed by atoms with Crippen LogP contribution in [0.5, 0.6) is 5.75 Å². The first-order chi connectivity index (χ1) is 10.2. The van der Waals surface area contributed by atoms with Crippen LogP contribution < -0.4 is 10.1 Å². The molecule has 1 N–H and O–H groups in total. The van der Waals surface area contributed by atoms with Crippen LogP contribution in [0.1, 0.15) is 35.4 Å². The Bertz CT molecular complexity index is 629. The van der Waals surface area contributed by atoms with E-state index in [-0.39, 0.29) is 0 Å². The van der Waals surface area contributed by atoms with Gasteiger partial charge >= 0.3 is 0 Å². The Hall–Kier alpha value is -1.96. The quantitative estimate of drug-likeness (QED) is 0.879. The average molecular weight is 281 g/mol. The standard InChI is InChI=1S/C19H23NO/c1-13-5-4-6-15(9-13)16-11-17(12-16)20-18-10-14(2)7-8-19(18)21-3/h4-10,16-17,20H,11-12H2,1-3H3. The second-order valence-corrected chi connectivity index (χ2v) is 6.13. The van der Waals surface area contributed by atoms with E-state index in [1.807, 2.05) is 6.07 Å². The molecular formula is C19H23NO. The highest BCUT2D eigenvalue weighted by atomic mass is 16.5. The Morgan fingerprint density at radius 1 is 1.00 bits per heavy atom. The van der Waals surface area contributed by atoms with Crippen LogP contribution in [0.2, 0.25) is 0 Å². The van der Waals surface area contributed by atoms with Crippen LogP contribution in [0.3, 0.4) is 0 Å². The van der Waals surface area contributed by atoms with Crippen molar-refractivity contribution < 1.29 is 4.74 Å². The SMILES string of the molecule is COc1ccc(C)cc1NC1CC(c2cccc(C)c2)C1. The third-order valence-electron chi connectivity index (χ3n) is 4.37. The van der Waals surface area contributed by atoms with E-state index in [4.69, 9.17) is 4.74 Å². The summed E-state index contributed by atoms with van der Waals surface area (Å²) in [4.78, 5) is 0. The molecular weight excluding hydrogens is 258 g/mol. The summed E-state index contributed by atoms with van der Waals surface area (Å²) in [6, 6.07) is 15.7. The van der Waals surface area contributed by atoms with Crippen LogP contribution in [0.15, 0.2) is 42.5 Å². The summed E-state index contributed by atoms with van der Waals surface area (Å²) in [6.07, 6.45) is 2.39. The lowest BCUT2D eigenvalue weighted by molar-refractivity contribution is 0.370. The molecule has 1 aliphatic rings. The van der Waals surface area contributed by atoms with Crippen LogP contribution in [-0.4, -0.2) is 13.2 Å². The highest BCUT2D eigenvalue weighted by Gasteiger charge is 2.30. The number of anilines is 1. The van der Waals surface area contributed by atoms with E-state index < -0.39 is 0 Å². The molecule has 0 heterocycles. The van der Waals surface area contributed by atoms with Crippen LogP contribution in [-0.2, 0) is 0 Å². The van der Waals surface area contributed by atoms with Crippen molar-refractivity contribution in [2.24, 2.45) is 0 Å². The largest absolute Gasteiger partial charge is 0.495 e. The molecule has 0 unspecified atom stereocenters. The van der Waals surface area contributed by atoms with Gasteiger partial charge in [0.15, 0.2) is 0 Å². The number of rotatable bonds is 4. The molecule has 2 nitrogen and oxygen atoms in total. The molecule has 0 aromatic heterocycles. The van der Waals surface area contributed by atoms with Gasteiger partial charge < -0.3 is 10.1 Å². The highest BCUT2D eigenvalue weighted by Crippen LogP contribution is 2.40. The topological polar surface area (TPSA) is 21.3 Å². The van der Waals surface area contributed by atoms with Gasteiger partial charge in [-0.05, 0) is 55.9 Å². The Morgan fingerprint density at radius 3 is 2.48 bits per heavy atom. The zero-order valence-corrected chi connectivity index (χ0v) is 13.0. The van der Waals surface area contributed by atoms with Gasteiger partial charge in [0.25, 0.3) is 0 Å². The molecule has 0 saturated heterocycles. The van der Waals surface area contributed by atoms with Gasteiger partial charge in [-0.1, -0.05) is 35.9 Å². The van der Waals surface area contributed by atoms with Crippen molar-refractivity contribution >= 4 is 5.69 Å². The van der Waals surface area contributed by atoms with Crippen molar-refractivity contribution in [1.82, 2.24) is 0 Å². The van der Waals surface area contributed by atoms with Crippen LogP contribution >= 0.6 is 0 Å². The summed E-state index contributed by atoms with van der Waals surface area (Å²) in [5, 5.41) is 3.63. The summed E-state index contributed by atoms with van der Waals surface area (Å²) in [5.41, 5.74) is 5.20. The lowest BCUT2D eigenvalue weighted by Crippen LogP contribution is -2.34. The van der Waals surface area contributed by atoms with Gasteiger partial charge in [0.2, 0.25) is 0 Å². The maximum Gasteiger partial charge on any atom is 0.141 e. The highest BCUT2D eigenvalue weighted by molar-refractivity contribution is 5.59. The zero-order valence-electron chi connectivity index (χ0n) is 13.0. The number of nitrogens with one attached hydrogen (secondary N) is 1. The number of methoxy groups -OCH3 is 1. The Labute approximate surface area is 127 Å². The van der Waals surface area contributed by atoms with Crippen LogP contribution in [0, 0.1) is 13.8 Å². The van der Waals surface area contributed by atoms with Crippen LogP contribution in [0.4, 0.5) is 5.69 Å². The monoisotopic (exact) mass is 281 g/mol. The molecule has 1 fully saturated rings. The number of hydrogen-bond acceptors (Lipinski definition) is 2. The van der Waals surface area contributed by atoms with E-state index in [1.54, 1.807) is 7.11 Å². The number of aryl methyl sites for hydroxylation is 2. The molecule has 0 spiro atoms. The molecule has 0 radical (unpaired) electrons. The lowest BCUT2D eigenvalue weighted by atomic mass is 9.75. The molecule has 1 saturated carbocycles. The van der Waals surface area contributed by atoms with Gasteiger partial charge in [0, 0.05) is 6.04 Å². The average Bonchev–Trinajstić information content (AvgIpc) is 2.42. The molecule has 0 aliphatic heterocycles. The summed E-state index contributed by atoms with van der Waals surface area (Å²) >= 11 is 0. The van der Waals surface area contributed by atoms with Gasteiger partial charge in [-0.2, -0.15) is 0 Å². The molecule has 3 rings (SSSR count). The Balaban J connectivity index is 1.64. The zero-order chi connectivity index (χ0) is 14.8. The fourth-order valence-corrected chi connectivity index (χ4v) is 3.09. The molecule has 110 valence electrons. The van der Waals surface area contributed by atoms with Crippen molar-refractivity contribution in [2.45, 2.75) is 38.6 Å². The second kappa shape index (κ2) is 5.80. The van der Waals surface area contributed by atoms with E-state index >= 15 is 0 Å². The first kappa shape index (κ1) is 14.0. The minimum atomic E-state index is 0.547.